The maximum atomic E-state index is 12.7. The van der Waals surface area contributed by atoms with Crippen molar-refractivity contribution in [2.24, 2.45) is 17.6 Å². The van der Waals surface area contributed by atoms with Gasteiger partial charge in [0.2, 0.25) is 15.8 Å². The Morgan fingerprint density at radius 2 is 1.97 bits per heavy atom. The lowest BCUT2D eigenvalue weighted by Crippen LogP contribution is -2.63. The summed E-state index contributed by atoms with van der Waals surface area (Å²) in [5.41, 5.74) is 8.05. The first-order valence-electron chi connectivity index (χ1n) is 11.1. The number of β-lactam (4-membered cyclic amide) rings is 1. The van der Waals surface area contributed by atoms with E-state index < -0.39 is 30.1 Å². The third-order valence-corrected chi connectivity index (χ3v) is 9.39. The van der Waals surface area contributed by atoms with Gasteiger partial charge in [0.1, 0.15) is 11.4 Å². The van der Waals surface area contributed by atoms with Crippen LogP contribution in [0.2, 0.25) is 0 Å². The number of primary amides is 1. The lowest BCUT2D eigenvalue weighted by atomic mass is 9.77. The summed E-state index contributed by atoms with van der Waals surface area (Å²) in [5, 5.41) is 20.8. The summed E-state index contributed by atoms with van der Waals surface area (Å²) in [6.45, 7) is 5.32. The van der Waals surface area contributed by atoms with E-state index in [1.165, 1.54) is 32.6 Å². The minimum absolute atomic E-state index is 0.0294. The Morgan fingerprint density at radius 1 is 1.29 bits per heavy atom. The monoisotopic (exact) mass is 513 g/mol. The van der Waals surface area contributed by atoms with Gasteiger partial charge in [0.05, 0.1) is 22.9 Å². The maximum absolute atomic E-state index is 12.7. The smallest absolute Gasteiger partial charge is 0.411 e. The molecule has 2 amide bonds. The van der Waals surface area contributed by atoms with E-state index in [2.05, 4.69) is 0 Å². The maximum Gasteiger partial charge on any atom is 0.411 e. The second-order valence-electron chi connectivity index (χ2n) is 8.92. The van der Waals surface area contributed by atoms with Crippen molar-refractivity contribution in [1.29, 1.82) is 0 Å². The van der Waals surface area contributed by atoms with Crippen molar-refractivity contribution in [3.63, 3.8) is 0 Å². The largest absolute Gasteiger partial charge is 0.477 e. The number of aryl methyl sites for hydroxylation is 1. The van der Waals surface area contributed by atoms with Crippen LogP contribution in [0, 0.1) is 18.8 Å². The fourth-order valence-electron chi connectivity index (χ4n) is 5.17. The Labute approximate surface area is 209 Å². The molecule has 4 N–H and O–H groups in total. The normalized spacial score (nSPS) is 22.5. The van der Waals surface area contributed by atoms with Crippen LogP contribution in [0.25, 0.3) is 10.4 Å². The topological polar surface area (TPSA) is 130 Å². The number of carbonyl (C=O) groups is 3. The number of carbonyl (C=O) groups excluding carboxylic acids is 2. The number of nitrogens with zero attached hydrogens (tertiary/aromatic N) is 3. The Morgan fingerprint density at radius 3 is 2.57 bits per heavy atom. The van der Waals surface area contributed by atoms with Gasteiger partial charge in [-0.1, -0.05) is 60.4 Å². The minimum atomic E-state index is -1.17. The van der Waals surface area contributed by atoms with Crippen LogP contribution in [0.4, 0.5) is 4.79 Å². The van der Waals surface area contributed by atoms with Crippen LogP contribution >= 0.6 is 23.1 Å². The SMILES string of the molecule is Cc1c(C2=C(C(=O)O)N3C(=O)[C@H]([C@@H](C)O)[C@H]3[C@H]2C)sc2c(SCc3ccccc3)n(C(N)=O)c[n+]12. The average Bonchev–Trinajstić information content (AvgIpc) is 3.40. The first-order valence-corrected chi connectivity index (χ1v) is 12.9. The van der Waals surface area contributed by atoms with E-state index in [4.69, 9.17) is 5.73 Å². The molecule has 5 rings (SSSR count). The van der Waals surface area contributed by atoms with Gasteiger partial charge >= 0.3 is 12.0 Å². The molecule has 3 aromatic rings. The Hall–Kier alpha value is -3.15. The highest BCUT2D eigenvalue weighted by atomic mass is 32.2. The highest BCUT2D eigenvalue weighted by Gasteiger charge is 2.60. The molecule has 2 aromatic heterocycles. The minimum Gasteiger partial charge on any atom is -0.477 e. The highest BCUT2D eigenvalue weighted by Crippen LogP contribution is 2.52. The van der Waals surface area contributed by atoms with Gasteiger partial charge in [0, 0.05) is 17.2 Å². The third-order valence-electron chi connectivity index (χ3n) is 6.82. The van der Waals surface area contributed by atoms with E-state index in [1.807, 2.05) is 48.6 Å². The molecule has 1 fully saturated rings. The second-order valence-corrected chi connectivity index (χ2v) is 10.9. The number of hydrogen-bond donors (Lipinski definition) is 3. The number of benzene rings is 1. The average molecular weight is 514 g/mol. The lowest BCUT2D eigenvalue weighted by molar-refractivity contribution is -0.515. The van der Waals surface area contributed by atoms with Crippen molar-refractivity contribution < 1.29 is 29.0 Å². The fourth-order valence-corrected chi connectivity index (χ4v) is 7.76. The molecular formula is C24H25N4O5S2+. The molecule has 1 saturated heterocycles. The number of amides is 2. The molecule has 0 radical (unpaired) electrons. The zero-order valence-electron chi connectivity index (χ0n) is 19.3. The number of fused-ring (bicyclic) bond motifs is 2. The van der Waals surface area contributed by atoms with Gasteiger partial charge < -0.3 is 20.8 Å². The van der Waals surface area contributed by atoms with Crippen molar-refractivity contribution in [2.45, 2.75) is 43.7 Å². The van der Waals surface area contributed by atoms with Crippen molar-refractivity contribution in [3.8, 4) is 0 Å². The Bertz CT molecular complexity index is 1410. The van der Waals surface area contributed by atoms with Crippen molar-refractivity contribution >= 4 is 51.4 Å². The first kappa shape index (κ1) is 23.6. The summed E-state index contributed by atoms with van der Waals surface area (Å²) in [4.78, 5) is 40.0. The number of thioether (sulfide) groups is 1. The molecule has 0 spiro atoms. The van der Waals surface area contributed by atoms with Crippen LogP contribution in [0.1, 0.15) is 30.0 Å². The molecule has 11 heteroatoms. The number of aliphatic carboxylic acids is 1. The summed E-state index contributed by atoms with van der Waals surface area (Å²) >= 11 is 2.86. The lowest BCUT2D eigenvalue weighted by Gasteiger charge is -2.46. The van der Waals surface area contributed by atoms with Crippen molar-refractivity contribution in [1.82, 2.24) is 9.47 Å². The van der Waals surface area contributed by atoms with Gasteiger partial charge in [0.25, 0.3) is 6.33 Å². The molecule has 4 atom stereocenters. The van der Waals surface area contributed by atoms with Gasteiger partial charge in [-0.05, 0) is 19.4 Å². The van der Waals surface area contributed by atoms with Gasteiger partial charge in [-0.15, -0.1) is 4.57 Å². The molecule has 0 aliphatic carbocycles. The van der Waals surface area contributed by atoms with Crippen molar-refractivity contribution in [2.75, 3.05) is 0 Å². The predicted molar refractivity (Wildman–Crippen MR) is 131 cm³/mol. The molecule has 2 aliphatic rings. The molecule has 0 bridgehead atoms. The predicted octanol–water partition coefficient (Wildman–Crippen LogP) is 2.47. The summed E-state index contributed by atoms with van der Waals surface area (Å²) < 4.78 is 3.25. The summed E-state index contributed by atoms with van der Waals surface area (Å²) in [7, 11) is 0. The Balaban J connectivity index is 1.62. The van der Waals surface area contributed by atoms with Crippen molar-refractivity contribution in [3.05, 3.63) is 58.5 Å². The molecule has 1 aromatic carbocycles. The van der Waals surface area contributed by atoms with Crippen LogP contribution in [0.5, 0.6) is 0 Å². The number of rotatable bonds is 6. The number of aliphatic hydroxyl groups excluding tert-OH is 1. The first-order chi connectivity index (χ1) is 16.6. The molecule has 35 heavy (non-hydrogen) atoms. The van der Waals surface area contributed by atoms with Crippen LogP contribution in [-0.2, 0) is 15.3 Å². The fraction of sp³-hybridized carbons (Fsp3) is 0.333. The number of carboxylic acids is 1. The van der Waals surface area contributed by atoms with Gasteiger partial charge in [-0.3, -0.25) is 4.79 Å². The number of hydrogen-bond acceptors (Lipinski definition) is 6. The van der Waals surface area contributed by atoms with E-state index in [9.17, 15) is 24.6 Å². The van der Waals surface area contributed by atoms with E-state index in [0.29, 0.717) is 16.4 Å². The third kappa shape index (κ3) is 3.48. The van der Waals surface area contributed by atoms with Crippen LogP contribution in [0.15, 0.2) is 47.4 Å². The number of nitrogens with two attached hydrogens (primary N) is 1. The van der Waals surface area contributed by atoms with Crippen LogP contribution in [0.3, 0.4) is 0 Å². The number of aromatic nitrogens is 2. The zero-order valence-corrected chi connectivity index (χ0v) is 21.0. The highest BCUT2D eigenvalue weighted by molar-refractivity contribution is 7.98. The van der Waals surface area contributed by atoms with E-state index in [-0.39, 0.29) is 17.5 Å². The van der Waals surface area contributed by atoms with Crippen LogP contribution in [-0.4, -0.2) is 49.7 Å². The number of thiazole rings is 1. The number of carboxylic acid groups (broad SMARTS) is 1. The summed E-state index contributed by atoms with van der Waals surface area (Å²) in [5.74, 6) is -1.81. The standard InChI is InChI=1S/C24H24N4O5S2/c1-11-15(18(23(31)32)28-17(11)16(13(3)29)20(28)30)19-12(2)26-10-27(24(25)33)21(22(26)35-19)34-9-14-7-5-4-6-8-14/h4-8,10-11,13,16-17,29H,9H2,1-3H3,(H2-,25,31,32,33)/p+1/t11-,13+,16+,17+/m0/s1. The molecule has 4 heterocycles. The molecule has 9 nitrogen and oxygen atoms in total. The zero-order chi connectivity index (χ0) is 25.2. The van der Waals surface area contributed by atoms with Gasteiger partial charge in [-0.2, -0.15) is 4.40 Å². The van der Waals surface area contributed by atoms with Crippen LogP contribution < -0.4 is 10.1 Å². The molecule has 0 unspecified atom stereocenters. The molecule has 182 valence electrons. The van der Waals surface area contributed by atoms with E-state index in [1.54, 1.807) is 13.3 Å². The summed E-state index contributed by atoms with van der Waals surface area (Å²) in [6, 6.07) is 8.85. The second kappa shape index (κ2) is 8.51. The molecular weight excluding hydrogens is 488 g/mol. The number of aliphatic hydroxyl groups is 1. The number of imidazole rings is 1. The van der Waals surface area contributed by atoms with Gasteiger partial charge in [-0.25, -0.2) is 9.59 Å². The Kier molecular flexibility index (Phi) is 5.73. The molecule has 2 aliphatic heterocycles. The quantitative estimate of drug-likeness (QED) is 0.264. The van der Waals surface area contributed by atoms with E-state index in [0.717, 1.165) is 21.0 Å². The molecule has 0 saturated carbocycles. The van der Waals surface area contributed by atoms with E-state index >= 15 is 0 Å². The van der Waals surface area contributed by atoms with Gasteiger partial charge in [0.15, 0.2) is 0 Å². The summed E-state index contributed by atoms with van der Waals surface area (Å²) in [6.07, 6.45) is 0.760.